The SMILES string of the molecule is COc1ccc(Br)cc1C[NH+]1C[C@H](C)C[C@H](C)C1. The zero-order chi connectivity index (χ0) is 13.1. The highest BCUT2D eigenvalue weighted by atomic mass is 79.9. The molecular formula is C15H23BrNO+. The molecule has 0 amide bonds. The summed E-state index contributed by atoms with van der Waals surface area (Å²) < 4.78 is 6.60. The Morgan fingerprint density at radius 3 is 2.56 bits per heavy atom. The number of hydrogen-bond donors (Lipinski definition) is 1. The lowest BCUT2D eigenvalue weighted by Gasteiger charge is -2.32. The van der Waals surface area contributed by atoms with Gasteiger partial charge in [0.1, 0.15) is 12.3 Å². The van der Waals surface area contributed by atoms with Gasteiger partial charge < -0.3 is 9.64 Å². The van der Waals surface area contributed by atoms with Gasteiger partial charge in [-0.1, -0.05) is 29.8 Å². The van der Waals surface area contributed by atoms with Gasteiger partial charge in [0.2, 0.25) is 0 Å². The second-order valence-electron chi connectivity index (χ2n) is 5.74. The molecule has 1 aromatic carbocycles. The van der Waals surface area contributed by atoms with Crippen LogP contribution in [-0.4, -0.2) is 20.2 Å². The molecule has 1 fully saturated rings. The molecule has 1 N–H and O–H groups in total. The molecule has 0 aromatic heterocycles. The molecule has 0 radical (unpaired) electrons. The molecule has 1 aliphatic rings. The van der Waals surface area contributed by atoms with Crippen molar-refractivity contribution in [2.24, 2.45) is 11.8 Å². The van der Waals surface area contributed by atoms with Crippen molar-refractivity contribution in [1.29, 1.82) is 0 Å². The summed E-state index contributed by atoms with van der Waals surface area (Å²) in [5.41, 5.74) is 1.31. The van der Waals surface area contributed by atoms with Crippen LogP contribution in [0.15, 0.2) is 22.7 Å². The highest BCUT2D eigenvalue weighted by Crippen LogP contribution is 2.22. The van der Waals surface area contributed by atoms with Crippen LogP contribution in [0.1, 0.15) is 25.8 Å². The van der Waals surface area contributed by atoms with Crippen LogP contribution in [0.3, 0.4) is 0 Å². The van der Waals surface area contributed by atoms with Gasteiger partial charge in [0, 0.05) is 21.9 Å². The molecule has 1 aromatic rings. The minimum Gasteiger partial charge on any atom is -0.496 e. The van der Waals surface area contributed by atoms with Gasteiger partial charge in [0.05, 0.1) is 20.2 Å². The minimum atomic E-state index is 0.835. The summed E-state index contributed by atoms with van der Waals surface area (Å²) in [6.07, 6.45) is 1.37. The van der Waals surface area contributed by atoms with Crippen LogP contribution in [0, 0.1) is 11.8 Å². The molecule has 2 nitrogen and oxygen atoms in total. The van der Waals surface area contributed by atoms with Gasteiger partial charge in [0.25, 0.3) is 0 Å². The normalized spacial score (nSPS) is 28.1. The lowest BCUT2D eigenvalue weighted by molar-refractivity contribution is -0.925. The fourth-order valence-electron chi connectivity index (χ4n) is 3.22. The Bertz CT molecular complexity index is 397. The first-order valence-corrected chi connectivity index (χ1v) is 7.53. The number of ether oxygens (including phenoxy) is 1. The third kappa shape index (κ3) is 3.48. The first-order valence-electron chi connectivity index (χ1n) is 6.74. The van der Waals surface area contributed by atoms with Gasteiger partial charge in [-0.05, 0) is 24.6 Å². The Morgan fingerprint density at radius 2 is 1.94 bits per heavy atom. The van der Waals surface area contributed by atoms with Crippen molar-refractivity contribution >= 4 is 15.9 Å². The number of nitrogens with one attached hydrogen (secondary N) is 1. The molecule has 0 bridgehead atoms. The number of halogens is 1. The van der Waals surface area contributed by atoms with E-state index in [4.69, 9.17) is 4.74 Å². The predicted molar refractivity (Wildman–Crippen MR) is 78.0 cm³/mol. The fourth-order valence-corrected chi connectivity index (χ4v) is 3.63. The van der Waals surface area contributed by atoms with Gasteiger partial charge in [0.15, 0.2) is 0 Å². The van der Waals surface area contributed by atoms with E-state index >= 15 is 0 Å². The Morgan fingerprint density at radius 1 is 1.28 bits per heavy atom. The van der Waals surface area contributed by atoms with Crippen LogP contribution in [0.2, 0.25) is 0 Å². The smallest absolute Gasteiger partial charge is 0.127 e. The largest absolute Gasteiger partial charge is 0.496 e. The molecule has 0 saturated carbocycles. The van der Waals surface area contributed by atoms with Gasteiger partial charge in [-0.25, -0.2) is 0 Å². The Labute approximate surface area is 118 Å². The Hall–Kier alpha value is -0.540. The van der Waals surface area contributed by atoms with Crippen molar-refractivity contribution < 1.29 is 9.64 Å². The monoisotopic (exact) mass is 312 g/mol. The highest BCUT2D eigenvalue weighted by molar-refractivity contribution is 9.10. The van der Waals surface area contributed by atoms with Crippen molar-refractivity contribution in [3.05, 3.63) is 28.2 Å². The molecule has 100 valence electrons. The summed E-state index contributed by atoms with van der Waals surface area (Å²) in [6, 6.07) is 6.28. The third-order valence-corrected chi connectivity index (χ3v) is 4.26. The van der Waals surface area contributed by atoms with Crippen LogP contribution in [0.25, 0.3) is 0 Å². The first kappa shape index (κ1) is 13.9. The average Bonchev–Trinajstić information content (AvgIpc) is 2.27. The molecule has 18 heavy (non-hydrogen) atoms. The first-order chi connectivity index (χ1) is 8.58. The maximum absolute atomic E-state index is 5.46. The van der Waals surface area contributed by atoms with Crippen molar-refractivity contribution in [1.82, 2.24) is 0 Å². The van der Waals surface area contributed by atoms with E-state index in [1.54, 1.807) is 12.0 Å². The molecule has 2 rings (SSSR count). The molecule has 1 heterocycles. The topological polar surface area (TPSA) is 13.7 Å². The van der Waals surface area contributed by atoms with Crippen LogP contribution in [0.5, 0.6) is 5.75 Å². The van der Waals surface area contributed by atoms with Crippen molar-refractivity contribution in [3.63, 3.8) is 0 Å². The van der Waals surface area contributed by atoms with E-state index in [1.807, 2.05) is 6.07 Å². The van der Waals surface area contributed by atoms with E-state index in [1.165, 1.54) is 25.1 Å². The number of hydrogen-bond acceptors (Lipinski definition) is 1. The van der Waals surface area contributed by atoms with Gasteiger partial charge in [-0.15, -0.1) is 0 Å². The Kier molecular flexibility index (Phi) is 4.68. The van der Waals surface area contributed by atoms with Crippen LogP contribution in [-0.2, 0) is 6.54 Å². The number of benzene rings is 1. The number of quaternary nitrogens is 1. The average molecular weight is 313 g/mol. The predicted octanol–water partition coefficient (Wildman–Crippen LogP) is 2.52. The maximum Gasteiger partial charge on any atom is 0.127 e. The summed E-state index contributed by atoms with van der Waals surface area (Å²) in [4.78, 5) is 1.68. The second kappa shape index (κ2) is 6.07. The summed E-state index contributed by atoms with van der Waals surface area (Å²) in [7, 11) is 1.75. The number of rotatable bonds is 3. The van der Waals surface area contributed by atoms with E-state index in [2.05, 4.69) is 41.9 Å². The van der Waals surface area contributed by atoms with E-state index in [9.17, 15) is 0 Å². The molecule has 0 aliphatic carbocycles. The quantitative estimate of drug-likeness (QED) is 0.905. The zero-order valence-corrected chi connectivity index (χ0v) is 13.1. The van der Waals surface area contributed by atoms with E-state index in [0.717, 1.165) is 28.6 Å². The maximum atomic E-state index is 5.46. The lowest BCUT2D eigenvalue weighted by atomic mass is 9.91. The molecule has 1 saturated heterocycles. The molecule has 3 heteroatoms. The highest BCUT2D eigenvalue weighted by Gasteiger charge is 2.25. The number of likely N-dealkylation sites (tertiary alicyclic amines) is 1. The second-order valence-corrected chi connectivity index (χ2v) is 6.65. The van der Waals surface area contributed by atoms with E-state index < -0.39 is 0 Å². The standard InChI is InChI=1S/C15H22BrNO/c1-11-6-12(2)9-17(8-11)10-13-7-14(16)4-5-15(13)18-3/h4-5,7,11-12H,6,8-10H2,1-3H3/p+1/t11-,12+. The molecule has 1 unspecified atom stereocenters. The fraction of sp³-hybridized carbons (Fsp3) is 0.600. The number of piperidine rings is 1. The van der Waals surface area contributed by atoms with Crippen LogP contribution < -0.4 is 9.64 Å². The van der Waals surface area contributed by atoms with Crippen molar-refractivity contribution in [2.75, 3.05) is 20.2 Å². The van der Waals surface area contributed by atoms with E-state index in [0.29, 0.717) is 0 Å². The minimum absolute atomic E-state index is 0.835. The van der Waals surface area contributed by atoms with Crippen LogP contribution in [0.4, 0.5) is 0 Å². The van der Waals surface area contributed by atoms with E-state index in [-0.39, 0.29) is 0 Å². The molecular weight excluding hydrogens is 290 g/mol. The molecule has 1 aliphatic heterocycles. The van der Waals surface area contributed by atoms with Crippen molar-refractivity contribution in [2.45, 2.75) is 26.8 Å². The lowest BCUT2D eigenvalue weighted by Crippen LogP contribution is -3.13. The van der Waals surface area contributed by atoms with Crippen LogP contribution >= 0.6 is 15.9 Å². The van der Waals surface area contributed by atoms with Gasteiger partial charge in [-0.2, -0.15) is 0 Å². The summed E-state index contributed by atoms with van der Waals surface area (Å²) in [5.74, 6) is 2.68. The number of methoxy groups -OCH3 is 1. The Balaban J connectivity index is 2.10. The summed E-state index contributed by atoms with van der Waals surface area (Å²) in [6.45, 7) is 8.36. The van der Waals surface area contributed by atoms with Crippen molar-refractivity contribution in [3.8, 4) is 5.75 Å². The summed E-state index contributed by atoms with van der Waals surface area (Å²) >= 11 is 3.55. The molecule has 0 spiro atoms. The third-order valence-electron chi connectivity index (χ3n) is 3.76. The van der Waals surface area contributed by atoms with Gasteiger partial charge >= 0.3 is 0 Å². The van der Waals surface area contributed by atoms with Gasteiger partial charge in [-0.3, -0.25) is 0 Å². The summed E-state index contributed by atoms with van der Waals surface area (Å²) in [5, 5.41) is 0. The zero-order valence-electron chi connectivity index (χ0n) is 11.5. The molecule has 3 atom stereocenters.